The predicted molar refractivity (Wildman–Crippen MR) is 177 cm³/mol. The van der Waals surface area contributed by atoms with Gasteiger partial charge < -0.3 is 29.2 Å². The Kier molecular flexibility index (Phi) is 9.15. The fourth-order valence-corrected chi connectivity index (χ4v) is 5.28. The average molecular weight is 617 g/mol. The quantitative estimate of drug-likeness (QED) is 0.118. The van der Waals surface area contributed by atoms with Gasteiger partial charge >= 0.3 is 11.9 Å². The minimum Gasteiger partial charge on any atom is -0.493 e. The van der Waals surface area contributed by atoms with E-state index < -0.39 is 11.9 Å². The van der Waals surface area contributed by atoms with Crippen molar-refractivity contribution in [2.24, 2.45) is 0 Å². The summed E-state index contributed by atoms with van der Waals surface area (Å²) in [5.41, 5.74) is 0.238. The van der Waals surface area contributed by atoms with E-state index in [2.05, 4.69) is 0 Å². The maximum absolute atomic E-state index is 11.8. The number of carbonyl (C=O) groups is 2. The molecule has 232 valence electrons. The van der Waals surface area contributed by atoms with E-state index in [0.29, 0.717) is 49.1 Å². The lowest BCUT2D eigenvalue weighted by Gasteiger charge is -2.15. The van der Waals surface area contributed by atoms with Gasteiger partial charge in [0, 0.05) is 12.8 Å². The molecule has 0 aliphatic heterocycles. The highest BCUT2D eigenvalue weighted by atomic mass is 16.5. The molecular formula is C38H32O8. The van der Waals surface area contributed by atoms with Crippen molar-refractivity contribution in [2.45, 2.75) is 12.8 Å². The summed E-state index contributed by atoms with van der Waals surface area (Å²) in [5, 5.41) is 24.8. The SMILES string of the molecule is O=C(O)c1cc2ccccc2cc1OCCCOc1cc2ccccc2cc1OCCCOc1cc2ccccc2cc1C(=O)O. The third-order valence-corrected chi connectivity index (χ3v) is 7.58. The minimum absolute atomic E-state index is 0.119. The molecule has 46 heavy (non-hydrogen) atoms. The zero-order valence-corrected chi connectivity index (χ0v) is 25.0. The monoisotopic (exact) mass is 616 g/mol. The van der Waals surface area contributed by atoms with Gasteiger partial charge in [-0.3, -0.25) is 0 Å². The Morgan fingerprint density at radius 3 is 0.978 bits per heavy atom. The van der Waals surface area contributed by atoms with Gasteiger partial charge in [-0.2, -0.15) is 0 Å². The topological polar surface area (TPSA) is 112 Å². The summed E-state index contributed by atoms with van der Waals surface area (Å²) >= 11 is 0. The summed E-state index contributed by atoms with van der Waals surface area (Å²) in [7, 11) is 0. The molecule has 6 aromatic carbocycles. The lowest BCUT2D eigenvalue weighted by Crippen LogP contribution is -2.10. The number of carboxylic acid groups (broad SMARTS) is 2. The molecule has 0 fully saturated rings. The smallest absolute Gasteiger partial charge is 0.339 e. The molecule has 0 amide bonds. The van der Waals surface area contributed by atoms with Crippen LogP contribution in [0, 0.1) is 0 Å². The molecular weight excluding hydrogens is 584 g/mol. The Morgan fingerprint density at radius 2 is 0.674 bits per heavy atom. The molecule has 8 heteroatoms. The highest BCUT2D eigenvalue weighted by molar-refractivity contribution is 5.98. The Balaban J connectivity index is 1.06. The molecule has 0 atom stereocenters. The molecule has 0 spiro atoms. The summed E-state index contributed by atoms with van der Waals surface area (Å²) in [6.07, 6.45) is 1.04. The Morgan fingerprint density at radius 1 is 0.413 bits per heavy atom. The van der Waals surface area contributed by atoms with E-state index in [1.807, 2.05) is 84.9 Å². The average Bonchev–Trinajstić information content (AvgIpc) is 3.07. The molecule has 0 radical (unpaired) electrons. The minimum atomic E-state index is -1.04. The van der Waals surface area contributed by atoms with E-state index in [-0.39, 0.29) is 24.3 Å². The van der Waals surface area contributed by atoms with E-state index in [4.69, 9.17) is 18.9 Å². The van der Waals surface area contributed by atoms with E-state index in [0.717, 1.165) is 32.3 Å². The molecule has 6 aromatic rings. The number of carboxylic acids is 2. The standard InChI is InChI=1S/C38H32O8/c39-37(40)31-19-25-9-1-3-11-27(25)21-33(31)43-15-7-17-45-35-23-29-13-5-6-14-30(29)24-36(35)46-18-8-16-44-34-22-28-12-4-2-10-26(28)20-32(34)38(41)42/h1-6,9-14,19-24H,7-8,15-18H2,(H,39,40)(H,41,42). The largest absolute Gasteiger partial charge is 0.493 e. The van der Waals surface area contributed by atoms with Gasteiger partial charge in [-0.25, -0.2) is 9.59 Å². The highest BCUT2D eigenvalue weighted by Gasteiger charge is 2.15. The molecule has 0 aliphatic carbocycles. The zero-order chi connectivity index (χ0) is 31.9. The third kappa shape index (κ3) is 6.97. The van der Waals surface area contributed by atoms with Crippen LogP contribution in [0.5, 0.6) is 23.0 Å². The molecule has 0 bridgehead atoms. The van der Waals surface area contributed by atoms with Gasteiger partial charge in [-0.15, -0.1) is 0 Å². The Hall–Kier alpha value is -5.76. The lowest BCUT2D eigenvalue weighted by molar-refractivity contribution is 0.0681. The predicted octanol–water partition coefficient (Wildman–Crippen LogP) is 8.24. The second kappa shape index (κ2) is 13.9. The first kappa shape index (κ1) is 30.3. The Labute approximate surface area is 265 Å². The van der Waals surface area contributed by atoms with Crippen LogP contribution in [-0.2, 0) is 0 Å². The van der Waals surface area contributed by atoms with Crippen molar-refractivity contribution < 1.29 is 38.7 Å². The van der Waals surface area contributed by atoms with Gasteiger partial charge in [-0.05, 0) is 68.7 Å². The second-order valence-corrected chi connectivity index (χ2v) is 10.7. The highest BCUT2D eigenvalue weighted by Crippen LogP contribution is 2.33. The normalized spacial score (nSPS) is 11.0. The second-order valence-electron chi connectivity index (χ2n) is 10.7. The molecule has 0 saturated carbocycles. The molecule has 2 N–H and O–H groups in total. The molecule has 6 rings (SSSR count). The fourth-order valence-electron chi connectivity index (χ4n) is 5.28. The number of aromatic carboxylic acids is 2. The summed E-state index contributed by atoms with van der Waals surface area (Å²) in [5.74, 6) is -0.275. The van der Waals surface area contributed by atoms with Gasteiger partial charge in [0.1, 0.15) is 22.6 Å². The van der Waals surface area contributed by atoms with Crippen molar-refractivity contribution in [2.75, 3.05) is 26.4 Å². The number of ether oxygens (including phenoxy) is 4. The van der Waals surface area contributed by atoms with Crippen LogP contribution in [0.1, 0.15) is 33.6 Å². The third-order valence-electron chi connectivity index (χ3n) is 7.58. The maximum Gasteiger partial charge on any atom is 0.339 e. The maximum atomic E-state index is 11.8. The first-order valence-corrected chi connectivity index (χ1v) is 15.0. The van der Waals surface area contributed by atoms with Gasteiger partial charge in [-0.1, -0.05) is 72.8 Å². The molecule has 8 nitrogen and oxygen atoms in total. The number of fused-ring (bicyclic) bond motifs is 3. The van der Waals surface area contributed by atoms with Crippen molar-refractivity contribution in [1.82, 2.24) is 0 Å². The number of hydrogen-bond acceptors (Lipinski definition) is 6. The Bertz CT molecular complexity index is 1890. The first-order valence-electron chi connectivity index (χ1n) is 15.0. The van der Waals surface area contributed by atoms with Gasteiger partial charge in [0.25, 0.3) is 0 Å². The molecule has 0 aliphatic rings. The molecule has 0 unspecified atom stereocenters. The molecule has 0 saturated heterocycles. The van der Waals surface area contributed by atoms with Gasteiger partial charge in [0.05, 0.1) is 26.4 Å². The van der Waals surface area contributed by atoms with E-state index in [1.165, 1.54) is 0 Å². The number of benzene rings is 6. The first-order chi connectivity index (χ1) is 22.5. The van der Waals surface area contributed by atoms with Crippen LogP contribution in [-0.4, -0.2) is 48.6 Å². The van der Waals surface area contributed by atoms with Crippen LogP contribution in [0.25, 0.3) is 32.3 Å². The summed E-state index contributed by atoms with van der Waals surface area (Å²) in [6.45, 7) is 1.20. The van der Waals surface area contributed by atoms with Crippen molar-refractivity contribution >= 4 is 44.3 Å². The van der Waals surface area contributed by atoms with Gasteiger partial charge in [0.2, 0.25) is 0 Å². The van der Waals surface area contributed by atoms with Crippen LogP contribution in [0.15, 0.2) is 109 Å². The van der Waals surface area contributed by atoms with Crippen LogP contribution in [0.4, 0.5) is 0 Å². The van der Waals surface area contributed by atoms with E-state index in [1.54, 1.807) is 24.3 Å². The van der Waals surface area contributed by atoms with Crippen molar-refractivity contribution in [3.05, 3.63) is 120 Å². The summed E-state index contributed by atoms with van der Waals surface area (Å²) in [6, 6.07) is 33.6. The van der Waals surface area contributed by atoms with Crippen LogP contribution in [0.2, 0.25) is 0 Å². The summed E-state index contributed by atoms with van der Waals surface area (Å²) < 4.78 is 24.0. The van der Waals surface area contributed by atoms with Crippen molar-refractivity contribution in [3.8, 4) is 23.0 Å². The van der Waals surface area contributed by atoms with Crippen molar-refractivity contribution in [1.29, 1.82) is 0 Å². The number of rotatable bonds is 14. The van der Waals surface area contributed by atoms with Crippen LogP contribution >= 0.6 is 0 Å². The van der Waals surface area contributed by atoms with Crippen LogP contribution < -0.4 is 18.9 Å². The van der Waals surface area contributed by atoms with Gasteiger partial charge in [0.15, 0.2) is 11.5 Å². The number of hydrogen-bond donors (Lipinski definition) is 2. The fraction of sp³-hybridized carbons (Fsp3) is 0.158. The lowest BCUT2D eigenvalue weighted by atomic mass is 10.1. The van der Waals surface area contributed by atoms with Crippen molar-refractivity contribution in [3.63, 3.8) is 0 Å². The van der Waals surface area contributed by atoms with E-state index in [9.17, 15) is 19.8 Å². The van der Waals surface area contributed by atoms with Crippen LogP contribution in [0.3, 0.4) is 0 Å². The zero-order valence-electron chi connectivity index (χ0n) is 25.0. The van der Waals surface area contributed by atoms with E-state index >= 15 is 0 Å². The summed E-state index contributed by atoms with van der Waals surface area (Å²) in [4.78, 5) is 23.6. The molecule has 0 heterocycles. The molecule has 0 aromatic heterocycles.